The zero-order valence-corrected chi connectivity index (χ0v) is 16.3. The summed E-state index contributed by atoms with van der Waals surface area (Å²) in [4.78, 5) is 20.9. The van der Waals surface area contributed by atoms with Crippen LogP contribution in [-0.2, 0) is 17.8 Å². The van der Waals surface area contributed by atoms with Gasteiger partial charge in [-0.15, -0.1) is 0 Å². The largest absolute Gasteiger partial charge is 0.488 e. The summed E-state index contributed by atoms with van der Waals surface area (Å²) in [5.41, 5.74) is 4.36. The first-order valence-electron chi connectivity index (χ1n) is 9.36. The average Bonchev–Trinajstić information content (AvgIpc) is 3.21. The molecular weight excluding hydrogens is 354 g/mol. The van der Waals surface area contributed by atoms with Gasteiger partial charge in [-0.3, -0.25) is 9.78 Å². The summed E-state index contributed by atoms with van der Waals surface area (Å²) in [6.07, 6.45) is 2.50. The molecule has 4 rings (SSSR count). The number of rotatable bonds is 5. The highest BCUT2D eigenvalue weighted by atomic mass is 16.5. The molecule has 0 spiro atoms. The predicted molar refractivity (Wildman–Crippen MR) is 105 cm³/mol. The van der Waals surface area contributed by atoms with E-state index in [4.69, 9.17) is 4.74 Å². The topological polar surface area (TPSA) is 81.9 Å². The van der Waals surface area contributed by atoms with Crippen molar-refractivity contribution in [3.63, 3.8) is 0 Å². The Morgan fingerprint density at radius 1 is 1.29 bits per heavy atom. The molecule has 0 bridgehead atoms. The highest BCUT2D eigenvalue weighted by Crippen LogP contribution is 2.33. The predicted octanol–water partition coefficient (Wildman–Crippen LogP) is 2.39. The number of aromatic nitrogens is 4. The Kier molecular flexibility index (Phi) is 4.81. The average molecular weight is 377 g/mol. The minimum atomic E-state index is -0.0997. The fourth-order valence-electron chi connectivity index (χ4n) is 3.50. The van der Waals surface area contributed by atoms with Crippen LogP contribution >= 0.6 is 0 Å². The van der Waals surface area contributed by atoms with E-state index >= 15 is 0 Å². The van der Waals surface area contributed by atoms with Crippen LogP contribution in [0.4, 0.5) is 0 Å². The number of ether oxygens (including phenoxy) is 1. The summed E-state index contributed by atoms with van der Waals surface area (Å²) < 4.78 is 7.59. The van der Waals surface area contributed by atoms with Crippen LogP contribution in [0.15, 0.2) is 36.5 Å². The Hall–Kier alpha value is -3.22. The SMILES string of the molecule is Cc1nc(C)n(CC(=O)NCC2Cc3cc(-c4ncccc4C)ccc3O2)n1. The minimum absolute atomic E-state index is 0.0717. The van der Waals surface area contributed by atoms with Gasteiger partial charge in [-0.1, -0.05) is 6.07 Å². The molecule has 1 aliphatic rings. The summed E-state index contributed by atoms with van der Waals surface area (Å²) in [6, 6.07) is 10.2. The highest BCUT2D eigenvalue weighted by Gasteiger charge is 2.24. The second-order valence-corrected chi connectivity index (χ2v) is 7.10. The fourth-order valence-corrected chi connectivity index (χ4v) is 3.50. The number of carbonyl (C=O) groups excluding carboxylic acids is 1. The van der Waals surface area contributed by atoms with Crippen molar-refractivity contribution in [2.75, 3.05) is 6.54 Å². The van der Waals surface area contributed by atoms with Gasteiger partial charge in [0.15, 0.2) is 0 Å². The third kappa shape index (κ3) is 3.74. The van der Waals surface area contributed by atoms with Crippen LogP contribution in [0.1, 0.15) is 22.8 Å². The van der Waals surface area contributed by atoms with Crippen LogP contribution in [0.3, 0.4) is 0 Å². The van der Waals surface area contributed by atoms with Gasteiger partial charge in [-0.2, -0.15) is 5.10 Å². The molecule has 0 radical (unpaired) electrons. The van der Waals surface area contributed by atoms with Crippen molar-refractivity contribution in [1.82, 2.24) is 25.1 Å². The quantitative estimate of drug-likeness (QED) is 0.738. The Balaban J connectivity index is 1.37. The molecule has 1 aromatic carbocycles. The molecule has 3 aromatic rings. The van der Waals surface area contributed by atoms with Crippen LogP contribution in [0.5, 0.6) is 5.75 Å². The monoisotopic (exact) mass is 377 g/mol. The number of amides is 1. The number of nitrogens with one attached hydrogen (secondary N) is 1. The molecule has 144 valence electrons. The molecule has 1 amide bonds. The fraction of sp³-hybridized carbons (Fsp3) is 0.333. The standard InChI is InChI=1S/C21H23N5O2/c1-13-5-4-8-22-21(13)16-6-7-19-17(9-16)10-18(28-19)11-23-20(27)12-26-15(3)24-14(2)25-26/h4-9,18H,10-12H2,1-3H3,(H,23,27). The zero-order chi connectivity index (χ0) is 19.7. The second-order valence-electron chi connectivity index (χ2n) is 7.10. The smallest absolute Gasteiger partial charge is 0.241 e. The number of aryl methyl sites for hydroxylation is 3. The van der Waals surface area contributed by atoms with Gasteiger partial charge in [0.1, 0.15) is 30.0 Å². The molecule has 1 unspecified atom stereocenters. The molecule has 0 aliphatic carbocycles. The summed E-state index contributed by atoms with van der Waals surface area (Å²) in [6.45, 7) is 6.33. The van der Waals surface area contributed by atoms with E-state index in [1.54, 1.807) is 4.68 Å². The summed E-state index contributed by atoms with van der Waals surface area (Å²) in [5.74, 6) is 2.17. The molecule has 7 nitrogen and oxygen atoms in total. The third-order valence-corrected chi connectivity index (χ3v) is 4.87. The number of benzene rings is 1. The van der Waals surface area contributed by atoms with Crippen molar-refractivity contribution in [1.29, 1.82) is 0 Å². The molecule has 7 heteroatoms. The van der Waals surface area contributed by atoms with E-state index in [0.29, 0.717) is 12.4 Å². The van der Waals surface area contributed by atoms with E-state index in [1.807, 2.05) is 38.2 Å². The number of hydrogen-bond donors (Lipinski definition) is 1. The van der Waals surface area contributed by atoms with E-state index < -0.39 is 0 Å². The van der Waals surface area contributed by atoms with Gasteiger partial charge in [-0.05, 0) is 56.2 Å². The Labute approximate surface area is 163 Å². The van der Waals surface area contributed by atoms with Crippen molar-refractivity contribution < 1.29 is 9.53 Å². The van der Waals surface area contributed by atoms with Crippen molar-refractivity contribution in [3.05, 3.63) is 59.3 Å². The lowest BCUT2D eigenvalue weighted by Gasteiger charge is -2.12. The van der Waals surface area contributed by atoms with Crippen LogP contribution in [0.2, 0.25) is 0 Å². The van der Waals surface area contributed by atoms with Crippen LogP contribution in [-0.4, -0.2) is 38.3 Å². The minimum Gasteiger partial charge on any atom is -0.488 e. The van der Waals surface area contributed by atoms with E-state index in [0.717, 1.165) is 40.4 Å². The maximum atomic E-state index is 12.2. The van der Waals surface area contributed by atoms with Crippen molar-refractivity contribution in [3.8, 4) is 17.0 Å². The highest BCUT2D eigenvalue weighted by molar-refractivity contribution is 5.75. The first kappa shape index (κ1) is 18.2. The van der Waals surface area contributed by atoms with Gasteiger partial charge in [0.25, 0.3) is 0 Å². The molecule has 3 heterocycles. The molecule has 1 N–H and O–H groups in total. The molecule has 28 heavy (non-hydrogen) atoms. The molecule has 1 aliphatic heterocycles. The van der Waals surface area contributed by atoms with Gasteiger partial charge in [0, 0.05) is 18.2 Å². The number of carbonyl (C=O) groups is 1. The number of nitrogens with zero attached hydrogens (tertiary/aromatic N) is 4. The van der Waals surface area contributed by atoms with Crippen molar-refractivity contribution in [2.24, 2.45) is 0 Å². The lowest BCUT2D eigenvalue weighted by Crippen LogP contribution is -2.36. The van der Waals surface area contributed by atoms with Crippen LogP contribution < -0.4 is 10.1 Å². The third-order valence-electron chi connectivity index (χ3n) is 4.87. The lowest BCUT2D eigenvalue weighted by molar-refractivity contribution is -0.122. The summed E-state index contributed by atoms with van der Waals surface area (Å²) in [5, 5.41) is 7.15. The van der Waals surface area contributed by atoms with Crippen LogP contribution in [0.25, 0.3) is 11.3 Å². The van der Waals surface area contributed by atoms with Gasteiger partial charge < -0.3 is 10.1 Å². The summed E-state index contributed by atoms with van der Waals surface area (Å²) in [7, 11) is 0. The first-order valence-corrected chi connectivity index (χ1v) is 9.36. The van der Waals surface area contributed by atoms with Crippen LogP contribution in [0, 0.1) is 20.8 Å². The zero-order valence-electron chi connectivity index (χ0n) is 16.3. The molecule has 0 saturated heterocycles. The normalized spacial score (nSPS) is 15.2. The number of pyridine rings is 1. The van der Waals surface area contributed by atoms with E-state index in [1.165, 1.54) is 0 Å². The van der Waals surface area contributed by atoms with E-state index in [-0.39, 0.29) is 18.6 Å². The van der Waals surface area contributed by atoms with Gasteiger partial charge in [-0.25, -0.2) is 9.67 Å². The maximum Gasteiger partial charge on any atom is 0.241 e. The van der Waals surface area contributed by atoms with Gasteiger partial charge >= 0.3 is 0 Å². The Morgan fingerprint density at radius 2 is 2.14 bits per heavy atom. The molecule has 0 saturated carbocycles. The van der Waals surface area contributed by atoms with Crippen molar-refractivity contribution in [2.45, 2.75) is 39.8 Å². The maximum absolute atomic E-state index is 12.2. The second kappa shape index (κ2) is 7.42. The number of hydrogen-bond acceptors (Lipinski definition) is 5. The lowest BCUT2D eigenvalue weighted by atomic mass is 10.0. The molecule has 0 fully saturated rings. The Morgan fingerprint density at radius 3 is 2.89 bits per heavy atom. The van der Waals surface area contributed by atoms with Gasteiger partial charge in [0.05, 0.1) is 12.2 Å². The number of fused-ring (bicyclic) bond motifs is 1. The molecular formula is C21H23N5O2. The van der Waals surface area contributed by atoms with Gasteiger partial charge in [0.2, 0.25) is 5.91 Å². The van der Waals surface area contributed by atoms with E-state index in [2.05, 4.69) is 39.4 Å². The van der Waals surface area contributed by atoms with E-state index in [9.17, 15) is 4.79 Å². The Bertz CT molecular complexity index is 1030. The summed E-state index contributed by atoms with van der Waals surface area (Å²) >= 11 is 0. The first-order chi connectivity index (χ1) is 13.5. The van der Waals surface area contributed by atoms with Crippen molar-refractivity contribution >= 4 is 5.91 Å². The molecule has 2 aromatic heterocycles. The molecule has 1 atom stereocenters.